The molecule has 1 aliphatic carbocycles. The average molecular weight is 492 g/mol. The Morgan fingerprint density at radius 1 is 0.568 bits per heavy atom. The SMILES string of the molecule is CC(C)c1c(Oc2ccccc2)c(Oc2ccccc2)c(C(C)C)c2c1C(=O)c1cccc(N)c1C2=O. The van der Waals surface area contributed by atoms with Crippen molar-refractivity contribution in [1.82, 2.24) is 0 Å². The topological polar surface area (TPSA) is 78.6 Å². The molecule has 0 aromatic heterocycles. The standard InChI is InChI=1S/C32H29NO4/c1-18(2)24-27-28(30(35)26-22(29(27)34)16-11-17-23(26)33)25(19(3)4)32(37-21-14-9-6-10-15-21)31(24)36-20-12-7-5-8-13-20/h5-19H,33H2,1-4H3. The molecule has 0 heterocycles. The highest BCUT2D eigenvalue weighted by molar-refractivity contribution is 6.31. The monoisotopic (exact) mass is 491 g/mol. The molecule has 1 aliphatic rings. The Hall–Kier alpha value is -4.38. The summed E-state index contributed by atoms with van der Waals surface area (Å²) in [5.74, 6) is 1.29. The highest BCUT2D eigenvalue weighted by atomic mass is 16.5. The van der Waals surface area contributed by atoms with E-state index in [9.17, 15) is 9.59 Å². The molecule has 2 N–H and O–H groups in total. The van der Waals surface area contributed by atoms with E-state index in [4.69, 9.17) is 15.2 Å². The first-order chi connectivity index (χ1) is 17.8. The molecule has 37 heavy (non-hydrogen) atoms. The van der Waals surface area contributed by atoms with Crippen LogP contribution in [0.5, 0.6) is 23.0 Å². The lowest BCUT2D eigenvalue weighted by Gasteiger charge is -2.30. The Balaban J connectivity index is 1.90. The lowest BCUT2D eigenvalue weighted by Crippen LogP contribution is -2.27. The predicted octanol–water partition coefficient (Wildman–Crippen LogP) is 7.88. The second-order valence-electron chi connectivity index (χ2n) is 9.80. The van der Waals surface area contributed by atoms with Gasteiger partial charge in [-0.25, -0.2) is 0 Å². The maximum Gasteiger partial charge on any atom is 0.197 e. The van der Waals surface area contributed by atoms with Crippen LogP contribution in [0.15, 0.2) is 78.9 Å². The molecule has 0 spiro atoms. The van der Waals surface area contributed by atoms with Crippen molar-refractivity contribution in [3.05, 3.63) is 112 Å². The maximum absolute atomic E-state index is 14.1. The van der Waals surface area contributed by atoms with Crippen molar-refractivity contribution in [3.8, 4) is 23.0 Å². The Kier molecular flexibility index (Phi) is 6.30. The number of benzene rings is 4. The molecule has 0 saturated carbocycles. The van der Waals surface area contributed by atoms with Crippen LogP contribution in [0.3, 0.4) is 0 Å². The molecule has 5 nitrogen and oxygen atoms in total. The smallest absolute Gasteiger partial charge is 0.197 e. The van der Waals surface area contributed by atoms with Gasteiger partial charge in [0.2, 0.25) is 0 Å². The van der Waals surface area contributed by atoms with Crippen molar-refractivity contribution < 1.29 is 19.1 Å². The third-order valence-corrected chi connectivity index (χ3v) is 6.59. The minimum Gasteiger partial charge on any atom is -0.453 e. The fourth-order valence-corrected chi connectivity index (χ4v) is 5.00. The minimum atomic E-state index is -0.266. The van der Waals surface area contributed by atoms with E-state index in [1.807, 2.05) is 88.4 Å². The highest BCUT2D eigenvalue weighted by Gasteiger charge is 2.40. The zero-order valence-electron chi connectivity index (χ0n) is 21.4. The van der Waals surface area contributed by atoms with E-state index in [2.05, 4.69) is 0 Å². The Morgan fingerprint density at radius 2 is 1.03 bits per heavy atom. The summed E-state index contributed by atoms with van der Waals surface area (Å²) in [6.07, 6.45) is 0. The van der Waals surface area contributed by atoms with E-state index < -0.39 is 0 Å². The molecule has 5 heteroatoms. The number of anilines is 1. The van der Waals surface area contributed by atoms with Gasteiger partial charge in [0.15, 0.2) is 23.1 Å². The van der Waals surface area contributed by atoms with Gasteiger partial charge in [-0.2, -0.15) is 0 Å². The first kappa shape index (κ1) is 24.3. The molecular formula is C32H29NO4. The van der Waals surface area contributed by atoms with Gasteiger partial charge >= 0.3 is 0 Å². The number of fused-ring (bicyclic) bond motifs is 2. The second kappa shape index (κ2) is 9.58. The van der Waals surface area contributed by atoms with Crippen LogP contribution in [0.1, 0.15) is 82.5 Å². The van der Waals surface area contributed by atoms with E-state index in [1.165, 1.54) is 0 Å². The normalized spacial score (nSPS) is 12.5. The molecule has 0 atom stereocenters. The lowest BCUT2D eigenvalue weighted by molar-refractivity contribution is 0.0977. The van der Waals surface area contributed by atoms with Crippen molar-refractivity contribution in [2.45, 2.75) is 39.5 Å². The number of hydrogen-bond donors (Lipinski definition) is 1. The van der Waals surface area contributed by atoms with Crippen LogP contribution in [0.25, 0.3) is 0 Å². The van der Waals surface area contributed by atoms with Crippen LogP contribution >= 0.6 is 0 Å². The van der Waals surface area contributed by atoms with E-state index in [0.29, 0.717) is 50.8 Å². The van der Waals surface area contributed by atoms with Gasteiger partial charge in [0.25, 0.3) is 0 Å². The van der Waals surface area contributed by atoms with Crippen molar-refractivity contribution >= 4 is 17.3 Å². The summed E-state index contributed by atoms with van der Waals surface area (Å²) < 4.78 is 13.0. The maximum atomic E-state index is 14.1. The van der Waals surface area contributed by atoms with E-state index in [0.717, 1.165) is 0 Å². The van der Waals surface area contributed by atoms with Crippen molar-refractivity contribution in [1.29, 1.82) is 0 Å². The number of rotatable bonds is 6. The summed E-state index contributed by atoms with van der Waals surface area (Å²) in [6.45, 7) is 7.94. The number of ketones is 2. The Bertz CT molecular complexity index is 1510. The average Bonchev–Trinajstić information content (AvgIpc) is 2.88. The van der Waals surface area contributed by atoms with Gasteiger partial charge in [-0.3, -0.25) is 9.59 Å². The van der Waals surface area contributed by atoms with Crippen LogP contribution in [-0.2, 0) is 0 Å². The number of hydrogen-bond acceptors (Lipinski definition) is 5. The molecule has 0 aliphatic heterocycles. The Labute approximate surface area is 216 Å². The molecule has 0 bridgehead atoms. The summed E-state index contributed by atoms with van der Waals surface area (Å²) in [4.78, 5) is 28.2. The third-order valence-electron chi connectivity index (χ3n) is 6.59. The first-order valence-corrected chi connectivity index (χ1v) is 12.5. The molecule has 0 fully saturated rings. The van der Waals surface area contributed by atoms with Crippen LogP contribution in [0.2, 0.25) is 0 Å². The van der Waals surface area contributed by atoms with Gasteiger partial charge in [-0.05, 0) is 42.2 Å². The molecule has 4 aromatic carbocycles. The molecule has 0 saturated heterocycles. The van der Waals surface area contributed by atoms with Gasteiger partial charge in [-0.15, -0.1) is 0 Å². The summed E-state index contributed by atoms with van der Waals surface area (Å²) in [7, 11) is 0. The highest BCUT2D eigenvalue weighted by Crippen LogP contribution is 2.52. The van der Waals surface area contributed by atoms with E-state index in [-0.39, 0.29) is 34.7 Å². The number of nitrogens with two attached hydrogens (primary N) is 1. The van der Waals surface area contributed by atoms with Gasteiger partial charge in [0.05, 0.1) is 5.56 Å². The van der Waals surface area contributed by atoms with Crippen LogP contribution < -0.4 is 15.2 Å². The molecule has 0 amide bonds. The largest absolute Gasteiger partial charge is 0.453 e. The minimum absolute atomic E-state index is 0.147. The first-order valence-electron chi connectivity index (χ1n) is 12.5. The Morgan fingerprint density at radius 3 is 1.49 bits per heavy atom. The van der Waals surface area contributed by atoms with Crippen LogP contribution in [0.4, 0.5) is 5.69 Å². The van der Waals surface area contributed by atoms with E-state index in [1.54, 1.807) is 18.2 Å². The zero-order valence-corrected chi connectivity index (χ0v) is 21.4. The lowest BCUT2D eigenvalue weighted by atomic mass is 9.74. The number of para-hydroxylation sites is 2. The molecule has 0 unspecified atom stereocenters. The number of nitrogen functional groups attached to an aromatic ring is 1. The number of carbonyl (C=O) groups is 2. The molecule has 4 aromatic rings. The summed E-state index contributed by atoms with van der Waals surface area (Å²) in [6, 6.07) is 23.8. The van der Waals surface area contributed by atoms with Gasteiger partial charge in [0.1, 0.15) is 11.5 Å². The van der Waals surface area contributed by atoms with Crippen molar-refractivity contribution in [2.75, 3.05) is 5.73 Å². The third kappa shape index (κ3) is 4.16. The number of ether oxygens (including phenoxy) is 2. The van der Waals surface area contributed by atoms with Crippen molar-refractivity contribution in [3.63, 3.8) is 0 Å². The molecule has 186 valence electrons. The second-order valence-corrected chi connectivity index (χ2v) is 9.80. The van der Waals surface area contributed by atoms with Crippen molar-refractivity contribution in [2.24, 2.45) is 0 Å². The molecular weight excluding hydrogens is 462 g/mol. The molecule has 5 rings (SSSR count). The predicted molar refractivity (Wildman–Crippen MR) is 145 cm³/mol. The number of carbonyl (C=O) groups excluding carboxylic acids is 2. The van der Waals surface area contributed by atoms with E-state index >= 15 is 0 Å². The molecule has 0 radical (unpaired) electrons. The fraction of sp³-hybridized carbons (Fsp3) is 0.188. The summed E-state index contributed by atoms with van der Waals surface area (Å²) >= 11 is 0. The van der Waals surface area contributed by atoms with Crippen LogP contribution in [0, 0.1) is 0 Å². The van der Waals surface area contributed by atoms with Crippen LogP contribution in [-0.4, -0.2) is 11.6 Å². The van der Waals surface area contributed by atoms with Gasteiger partial charge in [-0.1, -0.05) is 76.2 Å². The summed E-state index contributed by atoms with van der Waals surface area (Å²) in [5.41, 5.74) is 9.08. The zero-order chi connectivity index (χ0) is 26.3. The quantitative estimate of drug-likeness (QED) is 0.244. The van der Waals surface area contributed by atoms with Gasteiger partial charge < -0.3 is 15.2 Å². The fourth-order valence-electron chi connectivity index (χ4n) is 5.00. The van der Waals surface area contributed by atoms with Gasteiger partial charge in [0, 0.05) is 33.5 Å². The summed E-state index contributed by atoms with van der Waals surface area (Å²) in [5, 5.41) is 0.